The topological polar surface area (TPSA) is 46.1 Å². The summed E-state index contributed by atoms with van der Waals surface area (Å²) in [4.78, 5) is 23.7. The first-order valence-corrected chi connectivity index (χ1v) is 13.2. The zero-order valence-electron chi connectivity index (χ0n) is 20.3. The van der Waals surface area contributed by atoms with E-state index >= 15 is 0 Å². The van der Waals surface area contributed by atoms with E-state index in [1.807, 2.05) is 0 Å². The first kappa shape index (κ1) is 27.9. The molecule has 2 heterocycles. The van der Waals surface area contributed by atoms with Crippen LogP contribution in [0.25, 0.3) is 0 Å². The molecule has 4 nitrogen and oxygen atoms in total. The fraction of sp³-hybridized carbons (Fsp3) is 0.577. The number of anilines is 1. The van der Waals surface area contributed by atoms with E-state index < -0.39 is 0 Å². The average molecular weight is 513 g/mol. The fourth-order valence-corrected chi connectivity index (χ4v) is 4.91. The van der Waals surface area contributed by atoms with Gasteiger partial charge in [0.15, 0.2) is 5.15 Å². The molecule has 1 saturated heterocycles. The minimum atomic E-state index is -0.380. The van der Waals surface area contributed by atoms with Gasteiger partial charge in [0.1, 0.15) is 11.5 Å². The molecule has 0 atom stereocenters. The van der Waals surface area contributed by atoms with Crippen LogP contribution in [0.5, 0.6) is 0 Å². The van der Waals surface area contributed by atoms with Crippen molar-refractivity contribution in [2.24, 2.45) is 5.41 Å². The largest absolute Gasteiger partial charge is 0.355 e. The summed E-state index contributed by atoms with van der Waals surface area (Å²) in [7, 11) is 0. The van der Waals surface area contributed by atoms with Gasteiger partial charge in [0.2, 0.25) is 5.78 Å². The number of aromatic nitrogens is 2. The summed E-state index contributed by atoms with van der Waals surface area (Å²) in [6.07, 6.45) is 11.9. The predicted molar refractivity (Wildman–Crippen MR) is 141 cm³/mol. The van der Waals surface area contributed by atoms with E-state index in [2.05, 4.69) is 42.6 Å². The molecule has 1 aliphatic carbocycles. The Morgan fingerprint density at radius 3 is 2.09 bits per heavy atom. The highest BCUT2D eigenvalue weighted by atomic mass is 35.5. The van der Waals surface area contributed by atoms with Crippen LogP contribution in [0.3, 0.4) is 0 Å². The summed E-state index contributed by atoms with van der Waals surface area (Å²) in [6, 6.07) is 4.91. The lowest BCUT2D eigenvalue weighted by atomic mass is 9.77. The van der Waals surface area contributed by atoms with E-state index in [0.717, 1.165) is 18.9 Å². The molecule has 0 N–H and O–H groups in total. The van der Waals surface area contributed by atoms with Gasteiger partial charge >= 0.3 is 0 Å². The summed E-state index contributed by atoms with van der Waals surface area (Å²) in [5, 5.41) is 0.607. The smallest absolute Gasteiger partial charge is 0.216 e. The molecule has 1 spiro atoms. The van der Waals surface area contributed by atoms with Gasteiger partial charge in [-0.15, -0.1) is 0 Å². The molecule has 2 aliphatic rings. The molecule has 0 unspecified atom stereocenters. The lowest BCUT2D eigenvalue weighted by Crippen LogP contribution is -2.39. The molecule has 1 aromatic carbocycles. The molecule has 0 amide bonds. The molecule has 182 valence electrons. The van der Waals surface area contributed by atoms with E-state index in [0.29, 0.717) is 10.4 Å². The number of rotatable bonds is 3. The molecular formula is C26H36Cl3N3O. The summed E-state index contributed by atoms with van der Waals surface area (Å²) in [6.45, 7) is 10.4. The van der Waals surface area contributed by atoms with E-state index in [4.69, 9.17) is 34.8 Å². The summed E-state index contributed by atoms with van der Waals surface area (Å²) < 4.78 is 0. The molecule has 2 fully saturated rings. The second kappa shape index (κ2) is 13.5. The van der Waals surface area contributed by atoms with Crippen LogP contribution in [0.15, 0.2) is 24.4 Å². The van der Waals surface area contributed by atoms with Crippen molar-refractivity contribution < 1.29 is 4.79 Å². The normalized spacial score (nSPS) is 16.5. The Morgan fingerprint density at radius 1 is 0.970 bits per heavy atom. The molecule has 4 rings (SSSR count). The van der Waals surface area contributed by atoms with Crippen molar-refractivity contribution in [2.45, 2.75) is 79.1 Å². The molecule has 0 bridgehead atoms. The highest BCUT2D eigenvalue weighted by Gasteiger charge is 2.37. The minimum absolute atomic E-state index is 0.0915. The van der Waals surface area contributed by atoms with Crippen LogP contribution in [0.2, 0.25) is 15.2 Å². The number of halogens is 3. The van der Waals surface area contributed by atoms with Gasteiger partial charge in [-0.1, -0.05) is 94.2 Å². The van der Waals surface area contributed by atoms with Crippen molar-refractivity contribution in [1.29, 1.82) is 0 Å². The predicted octanol–water partition coefficient (Wildman–Crippen LogP) is 8.66. The second-order valence-electron chi connectivity index (χ2n) is 8.91. The Kier molecular flexibility index (Phi) is 11.4. The average Bonchev–Trinajstić information content (AvgIpc) is 3.25. The van der Waals surface area contributed by atoms with Gasteiger partial charge < -0.3 is 4.90 Å². The van der Waals surface area contributed by atoms with Gasteiger partial charge in [0.05, 0.1) is 16.2 Å². The molecule has 0 radical (unpaired) electrons. The van der Waals surface area contributed by atoms with Crippen LogP contribution in [-0.2, 0) is 0 Å². The number of piperidine rings is 1. The molecule has 1 aromatic heterocycles. The van der Waals surface area contributed by atoms with Gasteiger partial charge in [-0.05, 0) is 43.2 Å². The van der Waals surface area contributed by atoms with Crippen molar-refractivity contribution >= 4 is 46.4 Å². The molecular weight excluding hydrogens is 477 g/mol. The zero-order valence-corrected chi connectivity index (χ0v) is 22.5. The Labute approximate surface area is 214 Å². The highest BCUT2D eigenvalue weighted by Crippen LogP contribution is 2.46. The quantitative estimate of drug-likeness (QED) is 0.386. The lowest BCUT2D eigenvalue weighted by molar-refractivity contribution is 0.103. The lowest BCUT2D eigenvalue weighted by Gasteiger charge is -2.39. The maximum Gasteiger partial charge on any atom is 0.216 e. The third-order valence-electron chi connectivity index (χ3n) is 5.94. The Morgan fingerprint density at radius 2 is 1.55 bits per heavy atom. The van der Waals surface area contributed by atoms with Crippen LogP contribution in [0, 0.1) is 5.41 Å². The molecule has 1 saturated carbocycles. The van der Waals surface area contributed by atoms with Crippen LogP contribution >= 0.6 is 34.8 Å². The molecule has 33 heavy (non-hydrogen) atoms. The van der Waals surface area contributed by atoms with Gasteiger partial charge in [-0.2, -0.15) is 0 Å². The summed E-state index contributed by atoms with van der Waals surface area (Å²) in [5.41, 5.74) is 0.899. The van der Waals surface area contributed by atoms with Crippen molar-refractivity contribution in [1.82, 2.24) is 9.97 Å². The number of hydrogen-bond acceptors (Lipinski definition) is 4. The third kappa shape index (κ3) is 7.31. The van der Waals surface area contributed by atoms with Crippen LogP contribution in [-0.4, -0.2) is 28.8 Å². The number of carbonyl (C=O) groups is 1. The van der Waals surface area contributed by atoms with Gasteiger partial charge in [0, 0.05) is 18.7 Å². The van der Waals surface area contributed by atoms with Crippen molar-refractivity contribution in [3.63, 3.8) is 0 Å². The number of benzene rings is 1. The first-order valence-electron chi connectivity index (χ1n) is 12.1. The number of nitrogens with zero attached hydrogens (tertiary/aromatic N) is 3. The first-order chi connectivity index (χ1) is 15.8. The van der Waals surface area contributed by atoms with Gasteiger partial charge in [-0.25, -0.2) is 9.97 Å². The number of hydrogen-bond donors (Lipinski definition) is 0. The van der Waals surface area contributed by atoms with Crippen LogP contribution < -0.4 is 4.90 Å². The number of carbonyl (C=O) groups excluding carboxylic acids is 1. The Balaban J connectivity index is 0.000000582. The van der Waals surface area contributed by atoms with Gasteiger partial charge in [0.25, 0.3) is 0 Å². The van der Waals surface area contributed by atoms with Crippen LogP contribution in [0.4, 0.5) is 5.82 Å². The van der Waals surface area contributed by atoms with Crippen LogP contribution in [0.1, 0.15) is 95.1 Å². The van der Waals surface area contributed by atoms with E-state index in [1.54, 1.807) is 24.4 Å². The minimum Gasteiger partial charge on any atom is -0.355 e. The highest BCUT2D eigenvalue weighted by molar-refractivity contribution is 6.44. The maximum atomic E-state index is 12.8. The van der Waals surface area contributed by atoms with E-state index in [9.17, 15) is 4.79 Å². The standard InChI is InChI=1S/C20H20Cl3N3O.2C3H8/c21-14-5-3-4-13(16(14)22)18(27)17-19(23)25-15(12-24-17)26-10-8-20(9-11-26)6-1-2-7-20;2*1-3-2/h3-5,12H,1-2,6-11H2;2*3H2,1-2H3. The van der Waals surface area contributed by atoms with Crippen molar-refractivity contribution in [3.05, 3.63) is 50.9 Å². The van der Waals surface area contributed by atoms with Crippen molar-refractivity contribution in [3.8, 4) is 0 Å². The SMILES string of the molecule is CCC.CCC.O=C(c1cccc(Cl)c1Cl)c1ncc(N2CCC3(CCCC3)CC2)nc1Cl. The maximum absolute atomic E-state index is 12.8. The third-order valence-corrected chi connectivity index (χ3v) is 7.02. The van der Waals surface area contributed by atoms with E-state index in [1.165, 1.54) is 51.4 Å². The molecule has 1 aliphatic heterocycles. The monoisotopic (exact) mass is 511 g/mol. The van der Waals surface area contributed by atoms with Gasteiger partial charge in [-0.3, -0.25) is 4.79 Å². The summed E-state index contributed by atoms with van der Waals surface area (Å²) >= 11 is 18.5. The Bertz CT molecular complexity index is 902. The second-order valence-corrected chi connectivity index (χ2v) is 10.0. The van der Waals surface area contributed by atoms with E-state index in [-0.39, 0.29) is 27.2 Å². The molecule has 7 heteroatoms. The zero-order chi connectivity index (χ0) is 24.4. The number of ketones is 1. The van der Waals surface area contributed by atoms with Crippen molar-refractivity contribution in [2.75, 3.05) is 18.0 Å². The summed E-state index contributed by atoms with van der Waals surface area (Å²) in [5.74, 6) is 0.344. The molecule has 2 aromatic rings. The Hall–Kier alpha value is -1.36. The fourth-order valence-electron chi connectivity index (χ4n) is 4.30.